The van der Waals surface area contributed by atoms with Gasteiger partial charge in [-0.1, -0.05) is 79.7 Å². The molecule has 9 heteroatoms. The molecule has 3 aromatic carbocycles. The third-order valence-electron chi connectivity index (χ3n) is 6.90. The van der Waals surface area contributed by atoms with Crippen molar-refractivity contribution in [2.24, 2.45) is 11.3 Å². The molecule has 1 heterocycles. The molecule has 1 aliphatic rings. The Labute approximate surface area is 233 Å². The predicted molar refractivity (Wildman–Crippen MR) is 148 cm³/mol. The van der Waals surface area contributed by atoms with Gasteiger partial charge in [-0.3, -0.25) is 14.9 Å². The van der Waals surface area contributed by atoms with Gasteiger partial charge >= 0.3 is 5.97 Å². The summed E-state index contributed by atoms with van der Waals surface area (Å²) in [6.45, 7) is 2.45. The van der Waals surface area contributed by atoms with Gasteiger partial charge in [-0.05, 0) is 35.2 Å². The lowest BCUT2D eigenvalue weighted by molar-refractivity contribution is -0.508. The van der Waals surface area contributed by atoms with Crippen molar-refractivity contribution in [1.29, 1.82) is 0 Å². The fourth-order valence-corrected chi connectivity index (χ4v) is 4.72. The highest BCUT2D eigenvalue weighted by molar-refractivity contribution is 5.85. The largest absolute Gasteiger partial charge is 0.489 e. The van der Waals surface area contributed by atoms with Gasteiger partial charge in [0.15, 0.2) is 0 Å². The molecule has 1 aliphatic heterocycles. The summed E-state index contributed by atoms with van der Waals surface area (Å²) in [5, 5.41) is 14.0. The summed E-state index contributed by atoms with van der Waals surface area (Å²) in [6.07, 6.45) is 0.507. The van der Waals surface area contributed by atoms with Gasteiger partial charge in [-0.15, -0.1) is 0 Å². The molecule has 1 amide bonds. The molecule has 0 bridgehead atoms. The zero-order valence-electron chi connectivity index (χ0n) is 22.5. The van der Waals surface area contributed by atoms with Crippen LogP contribution in [0.5, 0.6) is 5.75 Å². The maximum absolute atomic E-state index is 13.2. The zero-order valence-corrected chi connectivity index (χ0v) is 22.5. The first-order chi connectivity index (χ1) is 19.3. The van der Waals surface area contributed by atoms with Crippen molar-refractivity contribution in [2.45, 2.75) is 39.0 Å². The Hall–Kier alpha value is -4.24. The first-order valence-corrected chi connectivity index (χ1v) is 13.3. The molecule has 0 spiro atoms. The van der Waals surface area contributed by atoms with Crippen LogP contribution in [0.4, 0.5) is 0 Å². The Balaban J connectivity index is 1.40. The van der Waals surface area contributed by atoms with Crippen LogP contribution in [0, 0.1) is 21.4 Å². The first kappa shape index (κ1) is 28.8. The van der Waals surface area contributed by atoms with E-state index in [1.165, 1.54) is 0 Å². The van der Waals surface area contributed by atoms with Crippen molar-refractivity contribution in [3.63, 3.8) is 0 Å². The normalized spacial score (nSPS) is 15.2. The number of benzene rings is 3. The summed E-state index contributed by atoms with van der Waals surface area (Å²) in [6, 6.07) is 25.6. The fraction of sp³-hybridized carbons (Fsp3) is 0.355. The van der Waals surface area contributed by atoms with Gasteiger partial charge in [-0.25, -0.2) is 4.79 Å². The fourth-order valence-electron chi connectivity index (χ4n) is 4.72. The summed E-state index contributed by atoms with van der Waals surface area (Å²) in [7, 11) is 0. The number of amides is 1. The van der Waals surface area contributed by atoms with Crippen LogP contribution in [0.2, 0.25) is 0 Å². The number of rotatable bonds is 14. The number of esters is 1. The monoisotopic (exact) mass is 546 g/mol. The summed E-state index contributed by atoms with van der Waals surface area (Å²) in [5.41, 5.74) is 2.04. The first-order valence-electron chi connectivity index (χ1n) is 13.3. The highest BCUT2D eigenvalue weighted by Gasteiger charge is 2.45. The van der Waals surface area contributed by atoms with E-state index >= 15 is 0 Å². The van der Waals surface area contributed by atoms with Gasteiger partial charge < -0.3 is 19.5 Å². The zero-order chi connectivity index (χ0) is 28.4. The van der Waals surface area contributed by atoms with Crippen LogP contribution >= 0.6 is 0 Å². The molecular weight excluding hydrogens is 512 g/mol. The van der Waals surface area contributed by atoms with Gasteiger partial charge in [-0.2, -0.15) is 0 Å². The number of nitrogens with one attached hydrogen (secondary N) is 1. The molecule has 0 saturated carbocycles. The second kappa shape index (κ2) is 13.7. The second-order valence-corrected chi connectivity index (χ2v) is 10.4. The predicted octanol–water partition coefficient (Wildman–Crippen LogP) is 4.36. The van der Waals surface area contributed by atoms with Crippen LogP contribution in [-0.2, 0) is 38.7 Å². The van der Waals surface area contributed by atoms with E-state index in [-0.39, 0.29) is 43.6 Å². The molecule has 40 heavy (non-hydrogen) atoms. The third-order valence-corrected chi connectivity index (χ3v) is 6.90. The molecule has 210 valence electrons. The number of hydrogen-bond donors (Lipinski definition) is 1. The molecule has 4 rings (SSSR count). The van der Waals surface area contributed by atoms with Gasteiger partial charge in [0.2, 0.25) is 12.5 Å². The minimum absolute atomic E-state index is 0.0805. The Morgan fingerprint density at radius 3 is 2.08 bits per heavy atom. The van der Waals surface area contributed by atoms with Crippen molar-refractivity contribution >= 4 is 11.9 Å². The Morgan fingerprint density at radius 1 is 0.925 bits per heavy atom. The summed E-state index contributed by atoms with van der Waals surface area (Å²) in [5.74, 6) is -0.783. The van der Waals surface area contributed by atoms with E-state index in [0.29, 0.717) is 18.8 Å². The topological polar surface area (TPSA) is 117 Å². The van der Waals surface area contributed by atoms with Gasteiger partial charge in [0.25, 0.3) is 0 Å². The van der Waals surface area contributed by atoms with Crippen molar-refractivity contribution in [1.82, 2.24) is 5.32 Å². The van der Waals surface area contributed by atoms with Crippen molar-refractivity contribution in [3.05, 3.63) is 112 Å². The lowest BCUT2D eigenvalue weighted by Gasteiger charge is -2.39. The van der Waals surface area contributed by atoms with E-state index < -0.39 is 23.3 Å². The Morgan fingerprint density at radius 2 is 1.52 bits per heavy atom. The highest BCUT2D eigenvalue weighted by atomic mass is 16.6. The van der Waals surface area contributed by atoms with E-state index in [2.05, 4.69) is 5.32 Å². The van der Waals surface area contributed by atoms with E-state index in [1.54, 1.807) is 6.92 Å². The summed E-state index contributed by atoms with van der Waals surface area (Å²) >= 11 is 0. The molecular formula is C31H34N2O7. The molecule has 0 aliphatic carbocycles. The van der Waals surface area contributed by atoms with E-state index in [9.17, 15) is 19.7 Å². The van der Waals surface area contributed by atoms with Crippen LogP contribution in [-0.4, -0.2) is 42.6 Å². The van der Waals surface area contributed by atoms with Crippen molar-refractivity contribution < 1.29 is 28.7 Å². The molecule has 0 aromatic heterocycles. The van der Waals surface area contributed by atoms with Crippen LogP contribution in [0.1, 0.15) is 30.0 Å². The van der Waals surface area contributed by atoms with Crippen molar-refractivity contribution in [2.75, 3.05) is 19.8 Å². The molecule has 2 atom stereocenters. The number of hydrogen-bond acceptors (Lipinski definition) is 7. The third kappa shape index (κ3) is 8.38. The van der Waals surface area contributed by atoms with Crippen LogP contribution in [0.15, 0.2) is 84.9 Å². The van der Waals surface area contributed by atoms with E-state index in [4.69, 9.17) is 14.2 Å². The molecule has 3 aromatic rings. The maximum atomic E-state index is 13.2. The van der Waals surface area contributed by atoms with Crippen molar-refractivity contribution in [3.8, 4) is 5.75 Å². The average molecular weight is 547 g/mol. The SMILES string of the molecule is C[C@H](CC1(C[N+](=O)[O-])COC1)C(=O)N[C@@H](Cc1ccc(OCc2ccccc2)cc1)C(=O)OCc1ccccc1. The smallest absolute Gasteiger partial charge is 0.329 e. The lowest BCUT2D eigenvalue weighted by atomic mass is 9.77. The van der Waals surface area contributed by atoms with Gasteiger partial charge in [0.05, 0.1) is 18.6 Å². The van der Waals surface area contributed by atoms with Gasteiger partial charge in [0, 0.05) is 17.3 Å². The lowest BCUT2D eigenvalue weighted by Crippen LogP contribution is -2.51. The van der Waals surface area contributed by atoms with Crippen LogP contribution in [0.3, 0.4) is 0 Å². The maximum Gasteiger partial charge on any atom is 0.329 e. The summed E-state index contributed by atoms with van der Waals surface area (Å²) in [4.78, 5) is 37.0. The number of carbonyl (C=O) groups excluding carboxylic acids is 2. The molecule has 1 saturated heterocycles. The molecule has 1 fully saturated rings. The molecule has 0 radical (unpaired) electrons. The Bertz CT molecular complexity index is 1260. The number of nitro groups is 1. The minimum atomic E-state index is -0.932. The van der Waals surface area contributed by atoms with Crippen LogP contribution in [0.25, 0.3) is 0 Å². The quantitative estimate of drug-likeness (QED) is 0.181. The second-order valence-electron chi connectivity index (χ2n) is 10.4. The molecule has 0 unspecified atom stereocenters. The number of nitrogens with zero attached hydrogens (tertiary/aromatic N) is 1. The van der Waals surface area contributed by atoms with Crippen LogP contribution < -0.4 is 10.1 Å². The minimum Gasteiger partial charge on any atom is -0.489 e. The van der Waals surface area contributed by atoms with E-state index in [1.807, 2.05) is 84.9 Å². The molecule has 1 N–H and O–H groups in total. The van der Waals surface area contributed by atoms with Gasteiger partial charge in [0.1, 0.15) is 25.0 Å². The Kier molecular flexibility index (Phi) is 9.86. The van der Waals surface area contributed by atoms with E-state index in [0.717, 1.165) is 16.7 Å². The number of ether oxygens (including phenoxy) is 3. The average Bonchev–Trinajstić information content (AvgIpc) is 2.94. The number of carbonyl (C=O) groups is 2. The highest BCUT2D eigenvalue weighted by Crippen LogP contribution is 2.35. The molecule has 9 nitrogen and oxygen atoms in total. The summed E-state index contributed by atoms with van der Waals surface area (Å²) < 4.78 is 16.6. The standard InChI is InChI=1S/C31H34N2O7/c1-23(17-31(20-33(36)37)21-38-22-31)29(34)32-28(30(35)40-19-26-10-6-3-7-11-26)16-24-12-14-27(15-13-24)39-18-25-8-4-2-5-9-25/h2-15,23,28H,16-22H2,1H3,(H,32,34)/t23-,28+/m1/s1.